The minimum absolute atomic E-state index is 0.00373. The first kappa shape index (κ1) is 16.3. The van der Waals surface area contributed by atoms with Gasteiger partial charge < -0.3 is 4.52 Å². The highest BCUT2D eigenvalue weighted by molar-refractivity contribution is 5.58. The number of nitrogens with zero attached hydrogens (tertiary/aromatic N) is 7. The third kappa shape index (κ3) is 3.45. The molecular weight excluding hydrogens is 338 g/mol. The molecule has 0 bridgehead atoms. The number of hydrogen-bond donors (Lipinski definition) is 0. The third-order valence-electron chi connectivity index (χ3n) is 4.51. The second-order valence-corrected chi connectivity index (χ2v) is 6.20. The molecule has 0 unspecified atom stereocenters. The summed E-state index contributed by atoms with van der Waals surface area (Å²) in [6.45, 7) is 2.37. The van der Waals surface area contributed by atoms with Crippen LogP contribution in [0.5, 0.6) is 0 Å². The monoisotopic (exact) mass is 355 g/mol. The van der Waals surface area contributed by atoms with E-state index in [2.05, 4.69) is 25.1 Å². The Morgan fingerprint density at radius 1 is 1.31 bits per heavy atom. The number of non-ortho nitro benzene ring substituents is 1. The number of rotatable bonds is 5. The number of nitro benzene ring substituents is 1. The average Bonchev–Trinajstić information content (AvgIpc) is 3.34. The van der Waals surface area contributed by atoms with Crippen molar-refractivity contribution in [1.82, 2.24) is 29.8 Å². The van der Waals surface area contributed by atoms with Crippen molar-refractivity contribution in [3.8, 4) is 11.4 Å². The van der Waals surface area contributed by atoms with E-state index in [-0.39, 0.29) is 5.69 Å². The molecule has 1 aromatic carbocycles. The molecule has 10 nitrogen and oxygen atoms in total. The molecule has 0 atom stereocenters. The van der Waals surface area contributed by atoms with Gasteiger partial charge in [0.1, 0.15) is 12.7 Å². The number of hydrogen-bond acceptors (Lipinski definition) is 8. The summed E-state index contributed by atoms with van der Waals surface area (Å²) in [6.07, 6.45) is 5.27. The maximum atomic E-state index is 10.9. The normalized spacial score (nSPS) is 16.0. The van der Waals surface area contributed by atoms with Crippen molar-refractivity contribution in [2.24, 2.45) is 0 Å². The molecule has 1 aliphatic heterocycles. The Balaban J connectivity index is 1.38. The molecule has 0 aliphatic carbocycles. The highest BCUT2D eigenvalue weighted by Crippen LogP contribution is 2.24. The van der Waals surface area contributed by atoms with Gasteiger partial charge in [0, 0.05) is 30.8 Å². The molecule has 0 radical (unpaired) electrons. The second-order valence-electron chi connectivity index (χ2n) is 6.20. The minimum atomic E-state index is -0.441. The predicted octanol–water partition coefficient (Wildman–Crippen LogP) is 2.07. The van der Waals surface area contributed by atoms with Crippen LogP contribution in [-0.4, -0.2) is 47.8 Å². The topological polar surface area (TPSA) is 116 Å². The molecule has 3 heterocycles. The molecule has 2 aromatic heterocycles. The average molecular weight is 355 g/mol. The van der Waals surface area contributed by atoms with Crippen LogP contribution in [0.2, 0.25) is 0 Å². The molecular formula is C16H17N7O3. The van der Waals surface area contributed by atoms with Crippen molar-refractivity contribution in [1.29, 1.82) is 0 Å². The first-order chi connectivity index (χ1) is 12.7. The molecule has 134 valence electrons. The van der Waals surface area contributed by atoms with Crippen LogP contribution < -0.4 is 0 Å². The van der Waals surface area contributed by atoms with Gasteiger partial charge in [0.15, 0.2) is 0 Å². The molecule has 26 heavy (non-hydrogen) atoms. The van der Waals surface area contributed by atoms with E-state index in [0.29, 0.717) is 29.9 Å². The van der Waals surface area contributed by atoms with Crippen LogP contribution in [0.4, 0.5) is 5.69 Å². The van der Waals surface area contributed by atoms with Gasteiger partial charge in [-0.15, -0.1) is 0 Å². The zero-order valence-corrected chi connectivity index (χ0v) is 13.9. The molecule has 0 amide bonds. The number of likely N-dealkylation sites (tertiary alicyclic amines) is 1. The van der Waals surface area contributed by atoms with Gasteiger partial charge in [-0.2, -0.15) is 10.1 Å². The number of nitro groups is 1. The molecule has 10 heteroatoms. The van der Waals surface area contributed by atoms with Crippen LogP contribution >= 0.6 is 0 Å². The summed E-state index contributed by atoms with van der Waals surface area (Å²) in [7, 11) is 0. The first-order valence-electron chi connectivity index (χ1n) is 8.33. The summed E-state index contributed by atoms with van der Waals surface area (Å²) >= 11 is 0. The fraction of sp³-hybridized carbons (Fsp3) is 0.375. The Bertz CT molecular complexity index is 885. The quantitative estimate of drug-likeness (QED) is 0.504. The Hall–Kier alpha value is -3.14. The zero-order chi connectivity index (χ0) is 17.9. The maximum absolute atomic E-state index is 10.9. The highest BCUT2D eigenvalue weighted by atomic mass is 16.6. The lowest BCUT2D eigenvalue weighted by molar-refractivity contribution is -0.384. The standard InChI is InChI=1S/C16H17N7O3/c24-23(25)14-3-1-2-12(8-14)16-19-15(26-20-16)9-21-6-4-13(5-7-21)22-11-17-10-18-22/h1-3,8,10-11,13H,4-7,9H2. The lowest BCUT2D eigenvalue weighted by Gasteiger charge is -2.30. The summed E-state index contributed by atoms with van der Waals surface area (Å²) in [4.78, 5) is 21.1. The van der Waals surface area contributed by atoms with Gasteiger partial charge in [0.2, 0.25) is 11.7 Å². The van der Waals surface area contributed by atoms with Crippen molar-refractivity contribution in [3.05, 3.63) is 52.9 Å². The summed E-state index contributed by atoms with van der Waals surface area (Å²) in [5.41, 5.74) is 0.572. The van der Waals surface area contributed by atoms with Gasteiger partial charge >= 0.3 is 0 Å². The van der Waals surface area contributed by atoms with Crippen molar-refractivity contribution in [2.75, 3.05) is 13.1 Å². The smallest absolute Gasteiger partial charge is 0.270 e. The predicted molar refractivity (Wildman–Crippen MR) is 90.0 cm³/mol. The molecule has 0 saturated carbocycles. The van der Waals surface area contributed by atoms with Gasteiger partial charge in [-0.3, -0.25) is 15.0 Å². The first-order valence-corrected chi connectivity index (χ1v) is 8.33. The van der Waals surface area contributed by atoms with Crippen LogP contribution in [0.25, 0.3) is 11.4 Å². The lowest BCUT2D eigenvalue weighted by Crippen LogP contribution is -2.34. The summed E-state index contributed by atoms with van der Waals surface area (Å²) in [5, 5.41) is 19.0. The van der Waals surface area contributed by atoms with E-state index in [1.807, 2.05) is 4.68 Å². The van der Waals surface area contributed by atoms with E-state index in [0.717, 1.165) is 25.9 Å². The molecule has 4 rings (SSSR count). The molecule has 1 fully saturated rings. The number of piperidine rings is 1. The largest absolute Gasteiger partial charge is 0.338 e. The lowest BCUT2D eigenvalue weighted by atomic mass is 10.1. The second kappa shape index (κ2) is 7.00. The van der Waals surface area contributed by atoms with E-state index in [1.165, 1.54) is 12.1 Å². The Morgan fingerprint density at radius 2 is 2.15 bits per heavy atom. The van der Waals surface area contributed by atoms with Gasteiger partial charge in [0.05, 0.1) is 17.5 Å². The molecule has 0 spiro atoms. The highest BCUT2D eigenvalue weighted by Gasteiger charge is 2.22. The Labute approximate surface area is 148 Å². The van der Waals surface area contributed by atoms with Gasteiger partial charge in [-0.25, -0.2) is 9.67 Å². The fourth-order valence-corrected chi connectivity index (χ4v) is 3.13. The van der Waals surface area contributed by atoms with Crippen LogP contribution in [0.15, 0.2) is 41.4 Å². The molecule has 3 aromatic rings. The van der Waals surface area contributed by atoms with E-state index in [1.54, 1.807) is 24.8 Å². The van der Waals surface area contributed by atoms with E-state index in [9.17, 15) is 10.1 Å². The third-order valence-corrected chi connectivity index (χ3v) is 4.51. The van der Waals surface area contributed by atoms with Crippen LogP contribution in [0.3, 0.4) is 0 Å². The number of aromatic nitrogens is 5. The maximum Gasteiger partial charge on any atom is 0.270 e. The minimum Gasteiger partial charge on any atom is -0.338 e. The number of benzene rings is 1. The summed E-state index contributed by atoms with van der Waals surface area (Å²) in [6, 6.07) is 6.59. The Morgan fingerprint density at radius 3 is 2.88 bits per heavy atom. The van der Waals surface area contributed by atoms with Gasteiger partial charge in [-0.05, 0) is 12.8 Å². The van der Waals surface area contributed by atoms with Crippen LogP contribution in [-0.2, 0) is 6.54 Å². The van der Waals surface area contributed by atoms with Crippen LogP contribution in [0, 0.1) is 10.1 Å². The van der Waals surface area contributed by atoms with E-state index in [4.69, 9.17) is 4.52 Å². The van der Waals surface area contributed by atoms with Crippen molar-refractivity contribution >= 4 is 5.69 Å². The van der Waals surface area contributed by atoms with Gasteiger partial charge in [0.25, 0.3) is 5.69 Å². The summed E-state index contributed by atoms with van der Waals surface area (Å²) in [5.74, 6) is 0.868. The Kier molecular flexibility index (Phi) is 4.40. The molecule has 0 N–H and O–H groups in total. The van der Waals surface area contributed by atoms with E-state index < -0.39 is 4.92 Å². The van der Waals surface area contributed by atoms with Crippen molar-refractivity contribution in [3.63, 3.8) is 0 Å². The summed E-state index contributed by atoms with van der Waals surface area (Å²) < 4.78 is 7.23. The SMILES string of the molecule is O=[N+]([O-])c1cccc(-c2noc(CN3CCC(n4cncn4)CC3)n2)c1. The fourth-order valence-electron chi connectivity index (χ4n) is 3.13. The zero-order valence-electron chi connectivity index (χ0n) is 13.9. The molecule has 1 aliphatic rings. The van der Waals surface area contributed by atoms with Crippen LogP contribution in [0.1, 0.15) is 24.8 Å². The van der Waals surface area contributed by atoms with Gasteiger partial charge in [-0.1, -0.05) is 17.3 Å². The van der Waals surface area contributed by atoms with E-state index >= 15 is 0 Å². The molecule has 1 saturated heterocycles. The van der Waals surface area contributed by atoms with Crippen molar-refractivity contribution < 1.29 is 9.45 Å². The van der Waals surface area contributed by atoms with Crippen molar-refractivity contribution in [2.45, 2.75) is 25.4 Å².